The molecule has 0 saturated heterocycles. The van der Waals surface area contributed by atoms with Crippen molar-refractivity contribution in [3.8, 4) is 0 Å². The van der Waals surface area contributed by atoms with Gasteiger partial charge in [-0.15, -0.1) is 48.0 Å². The highest BCUT2D eigenvalue weighted by molar-refractivity contribution is 15.0. The van der Waals surface area contributed by atoms with Crippen LogP contribution < -0.4 is 26.2 Å². The molecule has 141 heavy (non-hydrogen) atoms. The molecule has 31 nitrogen and oxygen atoms in total. The number of unbranched alkanes of at least 4 members (excludes halogenated alkanes) is 12. The summed E-state index contributed by atoms with van der Waals surface area (Å²) in [7, 11) is 16.9. The molecule has 0 heterocycles. The molecule has 0 aliphatic carbocycles. The number of carbonyl (C=O) groups excluding carboxylic acids is 12. The van der Waals surface area contributed by atoms with E-state index in [1.165, 1.54) is 60.0 Å². The highest BCUT2D eigenvalue weighted by Gasteiger charge is 2.13. The molecule has 0 unspecified atom stereocenters. The summed E-state index contributed by atoms with van der Waals surface area (Å²) >= 11 is 8.48. The molecular formula is C104H251I6N9O22. The Balaban J connectivity index is -0.0000000292. The minimum absolute atomic E-state index is 0. The SMILES string of the molecule is C.C.C.C.C.C.C.C.C.C.C.C.C.C.C.C.C.C.CC(=O)OCCCCCC(=O)[O-].CCCN(C)C(=O)CC(C)=O.CCCN(C)C(=O)CCC(=O)O.CCCN(C)C(=O)CCCCCO.CCCN(C)C(=O)CCCCCO.CCCN(C)C(=O)CCCCCOC(C)=O.CCCN(C)C(=O)CCCCCOC(C)=O.CCCNC.CCC[NH2+]C.CCC[NH2+]C.I.I.II.II.O=C([O-])CCCCCO. The molecule has 0 saturated carbocycles. The molecule has 0 radical (unpaired) electrons. The van der Waals surface area contributed by atoms with E-state index in [0.717, 1.165) is 168 Å². The number of carboxylic acids is 3. The summed E-state index contributed by atoms with van der Waals surface area (Å²) < 4.78 is 14.2. The number of ketones is 1. The van der Waals surface area contributed by atoms with Gasteiger partial charge in [0.05, 0.1) is 59.8 Å². The second kappa shape index (κ2) is 206. The van der Waals surface area contributed by atoms with Crippen LogP contribution in [0, 0.1) is 0 Å². The van der Waals surface area contributed by atoms with Crippen LogP contribution in [-0.2, 0) is 76.5 Å². The van der Waals surface area contributed by atoms with E-state index in [0.29, 0.717) is 77.7 Å². The minimum Gasteiger partial charge on any atom is -0.550 e. The van der Waals surface area contributed by atoms with Crippen molar-refractivity contribution in [1.82, 2.24) is 34.7 Å². The van der Waals surface area contributed by atoms with Gasteiger partial charge >= 0.3 is 23.9 Å². The lowest BCUT2D eigenvalue weighted by molar-refractivity contribution is -0.627. The van der Waals surface area contributed by atoms with Gasteiger partial charge in [0, 0.05) is 241 Å². The number of nitrogens with zero attached hydrogens (tertiary/aromatic N) is 6. The van der Waals surface area contributed by atoms with Gasteiger partial charge in [0.25, 0.3) is 0 Å². The van der Waals surface area contributed by atoms with Gasteiger partial charge in [0.15, 0.2) is 0 Å². The van der Waals surface area contributed by atoms with Crippen molar-refractivity contribution in [2.75, 3.05) is 162 Å². The van der Waals surface area contributed by atoms with Gasteiger partial charge < -0.3 is 99.8 Å². The number of amides is 6. The fourth-order valence-electron chi connectivity index (χ4n) is 9.10. The molecule has 0 rings (SSSR count). The van der Waals surface area contributed by atoms with Gasteiger partial charge in [-0.25, -0.2) is 0 Å². The molecule has 0 bridgehead atoms. The maximum atomic E-state index is 11.5. The topological polar surface area (TPSA) is 441 Å². The molecule has 0 fully saturated rings. The summed E-state index contributed by atoms with van der Waals surface area (Å²) in [5.41, 5.74) is 0. The van der Waals surface area contributed by atoms with Crippen molar-refractivity contribution in [2.45, 2.75) is 455 Å². The Labute approximate surface area is 959 Å². The average Bonchev–Trinajstić information content (AvgIpc) is 0.967. The maximum absolute atomic E-state index is 11.5. The van der Waals surface area contributed by atoms with E-state index >= 15 is 0 Å². The predicted octanol–water partition coefficient (Wildman–Crippen LogP) is 23.5. The van der Waals surface area contributed by atoms with Gasteiger partial charge in [0.2, 0.25) is 35.4 Å². The number of nitrogens with one attached hydrogen (secondary N) is 1. The predicted molar refractivity (Wildman–Crippen MR) is 670 cm³/mol. The summed E-state index contributed by atoms with van der Waals surface area (Å²) in [6.07, 6.45) is 27.0. The van der Waals surface area contributed by atoms with E-state index in [1.54, 1.807) is 43.5 Å². The van der Waals surface area contributed by atoms with E-state index in [1.807, 2.05) is 49.1 Å². The number of Topliss-reactive ketones (excluding diaryl/α,β-unsaturated/α-hetero) is 1. The number of quaternary nitrogens is 2. The van der Waals surface area contributed by atoms with E-state index in [4.69, 9.17) is 29.9 Å². The highest BCUT2D eigenvalue weighted by atomic mass is 128. The first kappa shape index (κ1) is 235. The quantitative estimate of drug-likeness (QED) is 0.00977. The summed E-state index contributed by atoms with van der Waals surface area (Å²) in [6.45, 7) is 34.7. The molecule has 886 valence electrons. The van der Waals surface area contributed by atoms with Crippen LogP contribution in [0.25, 0.3) is 0 Å². The fraction of sp³-hybridized carbons (Fsp3) is 0.875. The maximum Gasteiger partial charge on any atom is 0.303 e. The number of rotatable bonds is 56. The molecule has 0 aromatic carbocycles. The number of aliphatic carboxylic acids is 3. The number of carboxylic acid groups (broad SMARTS) is 3. The summed E-state index contributed by atoms with van der Waals surface area (Å²) in [5, 5.41) is 60.7. The molecule has 0 aromatic rings. The highest BCUT2D eigenvalue weighted by Crippen LogP contribution is 2.08. The van der Waals surface area contributed by atoms with Crippen LogP contribution in [-0.4, -0.2) is 289 Å². The third-order valence-corrected chi connectivity index (χ3v) is 15.7. The summed E-state index contributed by atoms with van der Waals surface area (Å²) in [6, 6.07) is 0. The molecular weight excluding hydrogens is 2490 g/mol. The monoisotopic (exact) mass is 2740 g/mol. The van der Waals surface area contributed by atoms with E-state index < -0.39 is 17.9 Å². The van der Waals surface area contributed by atoms with Crippen LogP contribution in [0.3, 0.4) is 0 Å². The van der Waals surface area contributed by atoms with Gasteiger partial charge in [-0.3, -0.25) is 52.7 Å². The molecule has 37 heteroatoms. The molecule has 9 N–H and O–H groups in total. The first-order valence-corrected chi connectivity index (χ1v) is 56.2. The van der Waals surface area contributed by atoms with Gasteiger partial charge in [-0.1, -0.05) is 215 Å². The molecule has 0 aliphatic heterocycles. The standard InChI is InChI=1S/2C12H23NO3.2C10H21NO2.C8H15NO3.C8H15NO2.C8H14O4.C6H12O3.3C4H11N.18CH4.2I2.2HI/c2*1-4-9-13(3)12(15)8-6-5-7-10-16-11(2)14;2*1-3-8-11(2)10(13)7-5-4-6-9-12;1-3-6-9(2)7(10)4-5-8(11)12;1-4-5-9(3)8(11)6-7(2)10;1-7(9)12-6-4-2-3-5-8(10)11;7-5-3-1-2-4-6(8)9;3*1-3-4-5-2;;;;;;;;;;;;;;;;;;;2*1-2;;/h2*4-10H2,1-3H3;2*12H,3-9H2,1-2H3;3-6H2,1-2H3,(H,11,12);4-6H2,1-3H3;2-6H2,1H3,(H,10,11);7H,1-5H2,(H,8,9);3*5H,3-4H2,1-2H3;18*1H4;;;2*1H. The number of aliphatic hydroxyl groups excluding tert-OH is 3. The van der Waals surface area contributed by atoms with E-state index in [2.05, 4.69) is 158 Å². The molecule has 0 atom stereocenters. The van der Waals surface area contributed by atoms with Crippen LogP contribution in [0.1, 0.15) is 455 Å². The van der Waals surface area contributed by atoms with Crippen molar-refractivity contribution in [1.29, 1.82) is 0 Å². The number of carbonyl (C=O) groups is 13. The van der Waals surface area contributed by atoms with E-state index in [9.17, 15) is 72.5 Å². The molecule has 0 aromatic heterocycles. The second-order valence-electron chi connectivity index (χ2n) is 28.0. The van der Waals surface area contributed by atoms with Gasteiger partial charge in [-0.2, -0.15) is 0 Å². The van der Waals surface area contributed by atoms with Crippen LogP contribution in [0.15, 0.2) is 0 Å². The van der Waals surface area contributed by atoms with Crippen LogP contribution in [0.5, 0.6) is 0 Å². The normalized spacial score (nSPS) is 8.04. The largest absolute Gasteiger partial charge is 0.550 e. The number of hydrogen-bond donors (Lipinski definition) is 7. The lowest BCUT2D eigenvalue weighted by Crippen LogP contribution is -2.79. The molecule has 0 aliphatic rings. The van der Waals surface area contributed by atoms with Crippen molar-refractivity contribution in [2.24, 2.45) is 0 Å². The Kier molecular flexibility index (Phi) is 344. The lowest BCUT2D eigenvalue weighted by Gasteiger charge is -2.15. The average molecular weight is 2740 g/mol. The van der Waals surface area contributed by atoms with E-state index in [-0.39, 0.29) is 293 Å². The Hall–Kier alpha value is -2.55. The smallest absolute Gasteiger partial charge is 0.303 e. The molecule has 0 spiro atoms. The Morgan fingerprint density at radius 3 is 0.617 bits per heavy atom. The number of ether oxygens (including phenoxy) is 3. The van der Waals surface area contributed by atoms with Crippen LogP contribution in [0.2, 0.25) is 0 Å². The lowest BCUT2D eigenvalue weighted by atomic mass is 10.2. The number of nitrogens with two attached hydrogens (primary N) is 2. The Morgan fingerprint density at radius 1 is 0.291 bits per heavy atom. The minimum atomic E-state index is -1.03. The first-order valence-electron chi connectivity index (χ1n) is 43.6. The number of esters is 3. The molecule has 6 amide bonds. The summed E-state index contributed by atoms with van der Waals surface area (Å²) in [4.78, 5) is 150. The zero-order valence-corrected chi connectivity index (χ0v) is 93.7. The Bertz CT molecular complexity index is 2220. The second-order valence-corrected chi connectivity index (χ2v) is 28.0. The van der Waals surface area contributed by atoms with Crippen LogP contribution in [0.4, 0.5) is 0 Å². The third kappa shape index (κ3) is 255. The summed E-state index contributed by atoms with van der Waals surface area (Å²) in [5.74, 6) is -3.13. The van der Waals surface area contributed by atoms with Gasteiger partial charge in [-0.05, 0) is 187 Å². The fourth-order valence-corrected chi connectivity index (χ4v) is 9.10. The number of halogens is 6. The van der Waals surface area contributed by atoms with Crippen LogP contribution >= 0.6 is 122 Å². The zero-order chi connectivity index (χ0) is 96.3. The number of aliphatic hydroxyl groups is 3. The first-order chi connectivity index (χ1) is 57.4. The van der Waals surface area contributed by atoms with Gasteiger partial charge in [0.1, 0.15) is 5.78 Å². The third-order valence-electron chi connectivity index (χ3n) is 15.7. The number of hydrogen-bond acceptors (Lipinski definition) is 22. The zero-order valence-electron chi connectivity index (χ0n) is 80.4. The van der Waals surface area contributed by atoms with Crippen molar-refractivity contribution < 1.29 is 118 Å². The Morgan fingerprint density at radius 2 is 0.482 bits per heavy atom. The van der Waals surface area contributed by atoms with Crippen molar-refractivity contribution in [3.63, 3.8) is 0 Å². The van der Waals surface area contributed by atoms with Crippen molar-refractivity contribution >= 4 is 199 Å². The van der Waals surface area contributed by atoms with Crippen molar-refractivity contribution in [3.05, 3.63) is 0 Å².